The molecule has 0 fully saturated rings. The Morgan fingerprint density at radius 3 is 2.13 bits per heavy atom. The highest BCUT2D eigenvalue weighted by Crippen LogP contribution is 2.26. The molecule has 0 radical (unpaired) electrons. The molecular weight excluding hydrogens is 257 g/mol. The Bertz CT molecular complexity index is 427. The normalized spacial score (nSPS) is 10.0. The van der Waals surface area contributed by atoms with Gasteiger partial charge in [-0.15, -0.1) is 0 Å². The molecule has 0 bridgehead atoms. The first-order valence-electron chi connectivity index (χ1n) is 4.53. The van der Waals surface area contributed by atoms with Crippen LogP contribution in [0.1, 0.15) is 0 Å². The summed E-state index contributed by atoms with van der Waals surface area (Å²) in [4.78, 5) is 0. The first kappa shape index (κ1) is 10.2. The van der Waals surface area contributed by atoms with Crippen LogP contribution in [0.5, 0.6) is 0 Å². The number of benzene rings is 2. The van der Waals surface area contributed by atoms with Gasteiger partial charge in [0.2, 0.25) is 0 Å². The molecule has 0 saturated carbocycles. The summed E-state index contributed by atoms with van der Waals surface area (Å²) in [5, 5.41) is 3.02. The molecule has 3 heteroatoms. The summed E-state index contributed by atoms with van der Waals surface area (Å²) >= 11 is 3.39. The maximum absolute atomic E-state index is 13.3. The van der Waals surface area contributed by atoms with E-state index < -0.39 is 0 Å². The molecule has 1 nitrogen and oxygen atoms in total. The fourth-order valence-electron chi connectivity index (χ4n) is 1.27. The minimum atomic E-state index is -0.256. The summed E-state index contributed by atoms with van der Waals surface area (Å²) in [6.45, 7) is 0. The zero-order chi connectivity index (χ0) is 10.7. The third-order valence-electron chi connectivity index (χ3n) is 2.02. The smallest absolute Gasteiger partial charge is 0.146 e. The van der Waals surface area contributed by atoms with Gasteiger partial charge in [-0.2, -0.15) is 0 Å². The summed E-state index contributed by atoms with van der Waals surface area (Å²) in [6.07, 6.45) is 0. The predicted molar refractivity (Wildman–Crippen MR) is 63.8 cm³/mol. The Hall–Kier alpha value is -1.35. The second-order valence-electron chi connectivity index (χ2n) is 3.08. The molecule has 1 N–H and O–H groups in total. The van der Waals surface area contributed by atoms with Gasteiger partial charge >= 0.3 is 0 Å². The van der Waals surface area contributed by atoms with Crippen molar-refractivity contribution in [1.82, 2.24) is 0 Å². The lowest BCUT2D eigenvalue weighted by Crippen LogP contribution is -1.93. The van der Waals surface area contributed by atoms with Crippen molar-refractivity contribution in [2.45, 2.75) is 0 Å². The van der Waals surface area contributed by atoms with Crippen LogP contribution < -0.4 is 5.32 Å². The second-order valence-corrected chi connectivity index (χ2v) is 3.94. The molecule has 0 aliphatic heterocycles. The topological polar surface area (TPSA) is 12.0 Å². The Morgan fingerprint density at radius 1 is 0.867 bits per heavy atom. The molecule has 2 aromatic rings. The van der Waals surface area contributed by atoms with E-state index in [-0.39, 0.29) is 5.82 Å². The lowest BCUT2D eigenvalue weighted by molar-refractivity contribution is 0.632. The summed E-state index contributed by atoms with van der Waals surface area (Å²) in [5.41, 5.74) is 1.33. The highest BCUT2D eigenvalue weighted by atomic mass is 79.9. The molecule has 0 atom stereocenters. The fourth-order valence-corrected chi connectivity index (χ4v) is 1.65. The van der Waals surface area contributed by atoms with Gasteiger partial charge in [-0.1, -0.05) is 24.3 Å². The molecule has 2 rings (SSSR count). The third kappa shape index (κ3) is 2.36. The van der Waals surface area contributed by atoms with Gasteiger partial charge < -0.3 is 5.32 Å². The average Bonchev–Trinajstić information content (AvgIpc) is 2.24. The van der Waals surface area contributed by atoms with Crippen molar-refractivity contribution in [2.24, 2.45) is 0 Å². The van der Waals surface area contributed by atoms with Gasteiger partial charge in [0, 0.05) is 4.47 Å². The van der Waals surface area contributed by atoms with E-state index in [1.807, 2.05) is 24.3 Å². The van der Waals surface area contributed by atoms with E-state index in [1.54, 1.807) is 18.2 Å². The number of hydrogen-bond donors (Lipinski definition) is 1. The largest absolute Gasteiger partial charge is 0.352 e. The zero-order valence-corrected chi connectivity index (χ0v) is 9.46. The number of rotatable bonds is 2. The third-order valence-corrected chi connectivity index (χ3v) is 2.71. The fraction of sp³-hybridized carbons (Fsp3) is 0. The molecule has 15 heavy (non-hydrogen) atoms. The van der Waals surface area contributed by atoms with Gasteiger partial charge in [-0.25, -0.2) is 4.39 Å². The van der Waals surface area contributed by atoms with E-state index >= 15 is 0 Å². The summed E-state index contributed by atoms with van der Waals surface area (Å²) in [7, 11) is 0. The Balaban J connectivity index is 2.30. The van der Waals surface area contributed by atoms with Gasteiger partial charge in [0.1, 0.15) is 5.82 Å². The molecule has 0 aliphatic rings. The molecule has 0 saturated heterocycles. The van der Waals surface area contributed by atoms with Crippen LogP contribution in [-0.2, 0) is 0 Å². The maximum Gasteiger partial charge on any atom is 0.146 e. The van der Waals surface area contributed by atoms with E-state index in [0.29, 0.717) is 5.69 Å². The van der Waals surface area contributed by atoms with Crippen LogP contribution in [0.2, 0.25) is 0 Å². The molecule has 0 aliphatic carbocycles. The minimum absolute atomic E-state index is 0.256. The minimum Gasteiger partial charge on any atom is -0.352 e. The number of para-hydroxylation sites is 2. The first-order chi connectivity index (χ1) is 7.27. The first-order valence-corrected chi connectivity index (χ1v) is 5.33. The van der Waals surface area contributed by atoms with Crippen molar-refractivity contribution < 1.29 is 4.39 Å². The quantitative estimate of drug-likeness (QED) is 0.852. The molecule has 0 unspecified atom stereocenters. The van der Waals surface area contributed by atoms with Crippen molar-refractivity contribution in [1.29, 1.82) is 0 Å². The summed E-state index contributed by atoms with van der Waals surface area (Å²) < 4.78 is 14.2. The van der Waals surface area contributed by atoms with Crippen LogP contribution in [0.25, 0.3) is 0 Å². The van der Waals surface area contributed by atoms with Gasteiger partial charge in [0.15, 0.2) is 0 Å². The van der Waals surface area contributed by atoms with E-state index in [1.165, 1.54) is 6.07 Å². The van der Waals surface area contributed by atoms with Crippen molar-refractivity contribution in [2.75, 3.05) is 5.32 Å². The highest BCUT2D eigenvalue weighted by molar-refractivity contribution is 9.10. The monoisotopic (exact) mass is 265 g/mol. The van der Waals surface area contributed by atoms with Gasteiger partial charge in [0.25, 0.3) is 0 Å². The van der Waals surface area contributed by atoms with E-state index in [9.17, 15) is 4.39 Å². The summed E-state index contributed by atoms with van der Waals surface area (Å²) in [5.74, 6) is -0.256. The van der Waals surface area contributed by atoms with Crippen LogP contribution in [0.3, 0.4) is 0 Å². The molecule has 0 amide bonds. The molecule has 0 heterocycles. The SMILES string of the molecule is Fc1ccccc1Nc1ccccc1Br. The zero-order valence-electron chi connectivity index (χ0n) is 7.87. The predicted octanol–water partition coefficient (Wildman–Crippen LogP) is 4.33. The van der Waals surface area contributed by atoms with Crippen LogP contribution in [0.15, 0.2) is 53.0 Å². The molecule has 0 aromatic heterocycles. The van der Waals surface area contributed by atoms with E-state index in [2.05, 4.69) is 21.2 Å². The molecule has 2 aromatic carbocycles. The molecule has 0 spiro atoms. The summed E-state index contributed by atoms with van der Waals surface area (Å²) in [6, 6.07) is 14.2. The lowest BCUT2D eigenvalue weighted by atomic mass is 10.2. The Kier molecular flexibility index (Phi) is 3.02. The van der Waals surface area contributed by atoms with Crippen molar-refractivity contribution in [3.63, 3.8) is 0 Å². The number of nitrogens with one attached hydrogen (secondary N) is 1. The van der Waals surface area contributed by atoms with Crippen molar-refractivity contribution in [3.8, 4) is 0 Å². The number of hydrogen-bond acceptors (Lipinski definition) is 1. The van der Waals surface area contributed by atoms with Crippen LogP contribution in [0, 0.1) is 5.82 Å². The molecule has 76 valence electrons. The van der Waals surface area contributed by atoms with E-state index in [0.717, 1.165) is 10.2 Å². The van der Waals surface area contributed by atoms with Gasteiger partial charge in [-0.3, -0.25) is 0 Å². The van der Waals surface area contributed by atoms with E-state index in [4.69, 9.17) is 0 Å². The highest BCUT2D eigenvalue weighted by Gasteiger charge is 2.02. The van der Waals surface area contributed by atoms with Crippen LogP contribution in [-0.4, -0.2) is 0 Å². The number of halogens is 2. The Morgan fingerprint density at radius 2 is 1.47 bits per heavy atom. The standard InChI is InChI=1S/C12H9BrFN/c13-9-5-1-3-7-11(9)15-12-8-4-2-6-10(12)14/h1-8,15H. The van der Waals surface area contributed by atoms with Crippen LogP contribution >= 0.6 is 15.9 Å². The lowest BCUT2D eigenvalue weighted by Gasteiger charge is -2.08. The van der Waals surface area contributed by atoms with Crippen molar-refractivity contribution >= 4 is 27.3 Å². The van der Waals surface area contributed by atoms with Crippen LogP contribution in [0.4, 0.5) is 15.8 Å². The van der Waals surface area contributed by atoms with Gasteiger partial charge in [0.05, 0.1) is 11.4 Å². The van der Waals surface area contributed by atoms with Gasteiger partial charge in [-0.05, 0) is 40.2 Å². The maximum atomic E-state index is 13.3. The van der Waals surface area contributed by atoms with Crippen molar-refractivity contribution in [3.05, 3.63) is 58.8 Å². The Labute approximate surface area is 96.1 Å². The average molecular weight is 266 g/mol. The second kappa shape index (κ2) is 4.45. The molecular formula is C12H9BrFN. The number of anilines is 2.